The average Bonchev–Trinajstić information content (AvgIpc) is 2.12. The SMILES string of the molecule is C=CC(CC)C(=O)OC(C(F)(F)F)C(F)(F)F. The summed E-state index contributed by atoms with van der Waals surface area (Å²) in [6, 6.07) is 0. The molecule has 0 saturated carbocycles. The lowest BCUT2D eigenvalue weighted by Crippen LogP contribution is -2.46. The van der Waals surface area contributed by atoms with Crippen LogP contribution in [-0.4, -0.2) is 24.4 Å². The van der Waals surface area contributed by atoms with E-state index in [2.05, 4.69) is 11.3 Å². The molecule has 0 aliphatic heterocycles. The topological polar surface area (TPSA) is 26.3 Å². The Morgan fingerprint density at radius 2 is 1.65 bits per heavy atom. The van der Waals surface area contributed by atoms with Crippen molar-refractivity contribution in [2.24, 2.45) is 5.92 Å². The molecule has 0 aliphatic rings. The van der Waals surface area contributed by atoms with Gasteiger partial charge in [0.1, 0.15) is 0 Å². The molecular formula is C9H10F6O2. The fraction of sp³-hybridized carbons (Fsp3) is 0.667. The van der Waals surface area contributed by atoms with E-state index in [1.165, 1.54) is 6.92 Å². The largest absolute Gasteiger partial charge is 0.442 e. The third kappa shape index (κ3) is 4.66. The van der Waals surface area contributed by atoms with Crippen LogP contribution in [0.25, 0.3) is 0 Å². The number of hydrogen-bond acceptors (Lipinski definition) is 2. The van der Waals surface area contributed by atoms with Gasteiger partial charge in [-0.1, -0.05) is 13.0 Å². The van der Waals surface area contributed by atoms with E-state index in [-0.39, 0.29) is 6.42 Å². The van der Waals surface area contributed by atoms with Crippen molar-refractivity contribution in [3.63, 3.8) is 0 Å². The van der Waals surface area contributed by atoms with Gasteiger partial charge in [-0.3, -0.25) is 4.79 Å². The summed E-state index contributed by atoms with van der Waals surface area (Å²) in [5.74, 6) is -2.79. The molecule has 0 rings (SSSR count). The van der Waals surface area contributed by atoms with Gasteiger partial charge in [0, 0.05) is 0 Å². The molecule has 0 fully saturated rings. The van der Waals surface area contributed by atoms with Gasteiger partial charge in [0.25, 0.3) is 6.10 Å². The minimum Gasteiger partial charge on any atom is -0.442 e. The second-order valence-electron chi connectivity index (χ2n) is 3.15. The number of rotatable bonds is 4. The predicted molar refractivity (Wildman–Crippen MR) is 46.0 cm³/mol. The average molecular weight is 264 g/mol. The molecule has 0 aromatic heterocycles. The van der Waals surface area contributed by atoms with Gasteiger partial charge in [0.15, 0.2) is 0 Å². The molecule has 8 heteroatoms. The molecule has 0 spiro atoms. The predicted octanol–water partition coefficient (Wildman–Crippen LogP) is 3.24. The summed E-state index contributed by atoms with van der Waals surface area (Å²) < 4.78 is 75.6. The van der Waals surface area contributed by atoms with Crippen molar-refractivity contribution >= 4 is 5.97 Å². The molecule has 0 radical (unpaired) electrons. The van der Waals surface area contributed by atoms with E-state index in [0.717, 1.165) is 6.08 Å². The minimum absolute atomic E-state index is 0.00473. The summed E-state index contributed by atoms with van der Waals surface area (Å²) in [4.78, 5) is 11.0. The molecule has 0 bridgehead atoms. The second kappa shape index (κ2) is 5.42. The molecule has 0 saturated heterocycles. The number of esters is 1. The Morgan fingerprint density at radius 3 is 1.88 bits per heavy atom. The van der Waals surface area contributed by atoms with Crippen LogP contribution in [0.4, 0.5) is 26.3 Å². The highest BCUT2D eigenvalue weighted by molar-refractivity contribution is 5.74. The van der Waals surface area contributed by atoms with Crippen LogP contribution in [0.1, 0.15) is 13.3 Å². The van der Waals surface area contributed by atoms with Crippen LogP contribution in [-0.2, 0) is 9.53 Å². The lowest BCUT2D eigenvalue weighted by Gasteiger charge is -2.24. The molecule has 0 aliphatic carbocycles. The van der Waals surface area contributed by atoms with Crippen LogP contribution < -0.4 is 0 Å². The summed E-state index contributed by atoms with van der Waals surface area (Å²) in [6.07, 6.45) is -14.5. The zero-order valence-electron chi connectivity index (χ0n) is 8.73. The Balaban J connectivity index is 4.90. The summed E-state index contributed by atoms with van der Waals surface area (Å²) >= 11 is 0. The van der Waals surface area contributed by atoms with Crippen molar-refractivity contribution in [1.82, 2.24) is 0 Å². The van der Waals surface area contributed by atoms with E-state index in [9.17, 15) is 31.1 Å². The maximum atomic E-state index is 12.0. The van der Waals surface area contributed by atoms with E-state index in [4.69, 9.17) is 0 Å². The van der Waals surface area contributed by atoms with Crippen molar-refractivity contribution in [3.8, 4) is 0 Å². The molecule has 0 heterocycles. The van der Waals surface area contributed by atoms with Crippen LogP contribution in [0.3, 0.4) is 0 Å². The van der Waals surface area contributed by atoms with Crippen LogP contribution in [0, 0.1) is 5.92 Å². The van der Waals surface area contributed by atoms with E-state index in [0.29, 0.717) is 0 Å². The van der Waals surface area contributed by atoms with Crippen molar-refractivity contribution in [2.45, 2.75) is 31.8 Å². The zero-order chi connectivity index (χ0) is 13.9. The van der Waals surface area contributed by atoms with Crippen LogP contribution in [0.5, 0.6) is 0 Å². The van der Waals surface area contributed by atoms with Crippen LogP contribution >= 0.6 is 0 Å². The van der Waals surface area contributed by atoms with Crippen LogP contribution in [0.2, 0.25) is 0 Å². The first-order valence-corrected chi connectivity index (χ1v) is 4.50. The van der Waals surface area contributed by atoms with Crippen molar-refractivity contribution in [1.29, 1.82) is 0 Å². The standard InChI is InChI=1S/C9H10F6O2/c1-3-5(4-2)6(16)17-7(8(10,11)12)9(13,14)15/h3,5,7H,1,4H2,2H3. The summed E-state index contributed by atoms with van der Waals surface area (Å²) in [7, 11) is 0. The summed E-state index contributed by atoms with van der Waals surface area (Å²) in [5, 5.41) is 0. The zero-order valence-corrected chi connectivity index (χ0v) is 8.73. The van der Waals surface area contributed by atoms with Gasteiger partial charge in [0.05, 0.1) is 5.92 Å². The van der Waals surface area contributed by atoms with Crippen LogP contribution in [0.15, 0.2) is 12.7 Å². The summed E-state index contributed by atoms with van der Waals surface area (Å²) in [5.41, 5.74) is 0. The fourth-order valence-corrected chi connectivity index (χ4v) is 0.952. The third-order valence-corrected chi connectivity index (χ3v) is 1.86. The lowest BCUT2D eigenvalue weighted by molar-refractivity contribution is -0.314. The first-order chi connectivity index (χ1) is 7.54. The second-order valence-corrected chi connectivity index (χ2v) is 3.15. The van der Waals surface area contributed by atoms with E-state index < -0.39 is 30.3 Å². The Bertz CT molecular complexity index is 266. The Kier molecular flexibility index (Phi) is 5.03. The highest BCUT2D eigenvalue weighted by Gasteiger charge is 2.60. The van der Waals surface area contributed by atoms with Gasteiger partial charge in [-0.2, -0.15) is 26.3 Å². The minimum atomic E-state index is -5.69. The fourth-order valence-electron chi connectivity index (χ4n) is 0.952. The molecule has 0 aromatic carbocycles. The number of carbonyl (C=O) groups is 1. The quantitative estimate of drug-likeness (QED) is 0.442. The molecule has 0 aromatic rings. The third-order valence-electron chi connectivity index (χ3n) is 1.86. The number of hydrogen-bond donors (Lipinski definition) is 0. The Morgan fingerprint density at radius 1 is 1.24 bits per heavy atom. The molecule has 1 unspecified atom stereocenters. The van der Waals surface area contributed by atoms with Crippen molar-refractivity contribution in [3.05, 3.63) is 12.7 Å². The van der Waals surface area contributed by atoms with Crippen molar-refractivity contribution < 1.29 is 35.9 Å². The van der Waals surface area contributed by atoms with Gasteiger partial charge in [-0.25, -0.2) is 0 Å². The first kappa shape index (κ1) is 15.8. The summed E-state index contributed by atoms with van der Waals surface area (Å²) in [6.45, 7) is 4.53. The molecule has 2 nitrogen and oxygen atoms in total. The number of ether oxygens (including phenoxy) is 1. The first-order valence-electron chi connectivity index (χ1n) is 4.50. The maximum Gasteiger partial charge on any atom is 0.434 e. The van der Waals surface area contributed by atoms with Gasteiger partial charge in [-0.15, -0.1) is 6.58 Å². The molecule has 100 valence electrons. The van der Waals surface area contributed by atoms with Gasteiger partial charge >= 0.3 is 18.3 Å². The lowest BCUT2D eigenvalue weighted by atomic mass is 10.1. The van der Waals surface area contributed by atoms with Crippen molar-refractivity contribution in [2.75, 3.05) is 0 Å². The van der Waals surface area contributed by atoms with E-state index in [1.54, 1.807) is 0 Å². The van der Waals surface area contributed by atoms with Gasteiger partial charge in [0.2, 0.25) is 0 Å². The normalized spacial score (nSPS) is 14.6. The molecule has 17 heavy (non-hydrogen) atoms. The Hall–Kier alpha value is -1.21. The molecule has 1 atom stereocenters. The monoisotopic (exact) mass is 264 g/mol. The van der Waals surface area contributed by atoms with Gasteiger partial charge in [-0.05, 0) is 6.42 Å². The van der Waals surface area contributed by atoms with E-state index in [1.807, 2.05) is 0 Å². The highest BCUT2D eigenvalue weighted by atomic mass is 19.4. The number of carbonyl (C=O) groups excluding carboxylic acids is 1. The molecular weight excluding hydrogens is 254 g/mol. The van der Waals surface area contributed by atoms with E-state index >= 15 is 0 Å². The number of alkyl halides is 6. The van der Waals surface area contributed by atoms with Gasteiger partial charge < -0.3 is 4.74 Å². The maximum absolute atomic E-state index is 12.0. The molecule has 0 N–H and O–H groups in total. The highest BCUT2D eigenvalue weighted by Crippen LogP contribution is 2.36. The number of halogens is 6. The molecule has 0 amide bonds. The Labute approximate surface area is 93.2 Å². The smallest absolute Gasteiger partial charge is 0.434 e.